The summed E-state index contributed by atoms with van der Waals surface area (Å²) in [6, 6.07) is 12.9. The van der Waals surface area contributed by atoms with Gasteiger partial charge in [-0.25, -0.2) is 0 Å². The molecule has 2 amide bonds. The van der Waals surface area contributed by atoms with E-state index < -0.39 is 5.92 Å². The molecule has 0 saturated carbocycles. The van der Waals surface area contributed by atoms with Crippen molar-refractivity contribution in [1.29, 1.82) is 0 Å². The van der Waals surface area contributed by atoms with Crippen molar-refractivity contribution in [3.05, 3.63) is 58.6 Å². The van der Waals surface area contributed by atoms with Gasteiger partial charge in [0.05, 0.1) is 0 Å². The summed E-state index contributed by atoms with van der Waals surface area (Å²) in [5.41, 5.74) is 3.57. The zero-order valence-electron chi connectivity index (χ0n) is 13.7. The molecule has 124 valence electrons. The van der Waals surface area contributed by atoms with Crippen LogP contribution >= 0.6 is 11.6 Å². The lowest BCUT2D eigenvalue weighted by Gasteiger charge is -2.19. The van der Waals surface area contributed by atoms with E-state index in [9.17, 15) is 9.59 Å². The predicted molar refractivity (Wildman–Crippen MR) is 96.5 cm³/mol. The fraction of sp³-hybridized carbons (Fsp3) is 0.263. The molecule has 0 radical (unpaired) electrons. The monoisotopic (exact) mass is 342 g/mol. The van der Waals surface area contributed by atoms with Crippen LogP contribution < -0.4 is 10.2 Å². The van der Waals surface area contributed by atoms with Crippen molar-refractivity contribution >= 4 is 34.8 Å². The van der Waals surface area contributed by atoms with Crippen LogP contribution in [0.2, 0.25) is 5.02 Å². The predicted octanol–water partition coefficient (Wildman–Crippen LogP) is 3.95. The Balaban J connectivity index is 1.73. The Kier molecular flexibility index (Phi) is 4.58. The number of amides is 2. The number of aryl methyl sites for hydroxylation is 2. The first-order chi connectivity index (χ1) is 11.5. The number of hydrogen-bond donors (Lipinski definition) is 1. The van der Waals surface area contributed by atoms with Gasteiger partial charge in [0.2, 0.25) is 11.8 Å². The minimum atomic E-state index is -0.651. The lowest BCUT2D eigenvalue weighted by molar-refractivity contribution is -0.129. The van der Waals surface area contributed by atoms with E-state index in [0.717, 1.165) is 16.8 Å². The third-order valence-corrected chi connectivity index (χ3v) is 4.53. The first-order valence-electron chi connectivity index (χ1n) is 7.91. The average molecular weight is 343 g/mol. The standard InChI is InChI=1S/C19H19ClN2O2/c1-12-3-6-15(7-4-12)21-18(23)16-9-10-22(19(16)24)17-8-5-14(20)11-13(17)2/h3-8,11,16H,9-10H2,1-2H3,(H,21,23). The molecule has 0 spiro atoms. The van der Waals surface area contributed by atoms with Gasteiger partial charge in [-0.05, 0) is 56.2 Å². The molecule has 5 heteroatoms. The Bertz CT molecular complexity index is 786. The molecule has 0 aliphatic carbocycles. The number of nitrogens with one attached hydrogen (secondary N) is 1. The number of nitrogens with zero attached hydrogens (tertiary/aromatic N) is 1. The number of halogens is 1. The van der Waals surface area contributed by atoms with Crippen LogP contribution in [-0.4, -0.2) is 18.4 Å². The average Bonchev–Trinajstić information content (AvgIpc) is 2.91. The third kappa shape index (κ3) is 3.29. The number of benzene rings is 2. The molecule has 1 heterocycles. The van der Waals surface area contributed by atoms with Crippen LogP contribution in [0.5, 0.6) is 0 Å². The molecule has 1 aliphatic heterocycles. The molecule has 1 atom stereocenters. The number of carbonyl (C=O) groups is 2. The molecule has 1 fully saturated rings. The number of rotatable bonds is 3. The Morgan fingerprint density at radius 1 is 1.17 bits per heavy atom. The molecule has 0 bridgehead atoms. The zero-order valence-corrected chi connectivity index (χ0v) is 14.4. The van der Waals surface area contributed by atoms with E-state index >= 15 is 0 Å². The number of anilines is 2. The first-order valence-corrected chi connectivity index (χ1v) is 8.28. The molecule has 1 unspecified atom stereocenters. The van der Waals surface area contributed by atoms with Crippen molar-refractivity contribution in [2.24, 2.45) is 5.92 Å². The van der Waals surface area contributed by atoms with Crippen molar-refractivity contribution in [2.75, 3.05) is 16.8 Å². The van der Waals surface area contributed by atoms with Crippen molar-refractivity contribution < 1.29 is 9.59 Å². The normalized spacial score (nSPS) is 17.2. The van der Waals surface area contributed by atoms with E-state index in [1.54, 1.807) is 11.0 Å². The molecule has 3 rings (SSSR count). The fourth-order valence-corrected chi connectivity index (χ4v) is 3.18. The minimum absolute atomic E-state index is 0.162. The Morgan fingerprint density at radius 2 is 1.88 bits per heavy atom. The largest absolute Gasteiger partial charge is 0.325 e. The van der Waals surface area contributed by atoms with E-state index in [0.29, 0.717) is 23.7 Å². The lowest BCUT2D eigenvalue weighted by Crippen LogP contribution is -2.33. The molecule has 24 heavy (non-hydrogen) atoms. The molecule has 2 aromatic rings. The van der Waals surface area contributed by atoms with Crippen molar-refractivity contribution in [3.8, 4) is 0 Å². The van der Waals surface area contributed by atoms with E-state index in [1.807, 2.05) is 50.2 Å². The van der Waals surface area contributed by atoms with Gasteiger partial charge in [-0.3, -0.25) is 9.59 Å². The van der Waals surface area contributed by atoms with Gasteiger partial charge < -0.3 is 10.2 Å². The SMILES string of the molecule is Cc1ccc(NC(=O)C2CCN(c3ccc(Cl)cc3C)C2=O)cc1. The van der Waals surface area contributed by atoms with Crippen LogP contribution in [0.25, 0.3) is 0 Å². The molecule has 4 nitrogen and oxygen atoms in total. The Hall–Kier alpha value is -2.33. The van der Waals surface area contributed by atoms with Gasteiger partial charge in [-0.2, -0.15) is 0 Å². The quantitative estimate of drug-likeness (QED) is 0.859. The lowest BCUT2D eigenvalue weighted by atomic mass is 10.1. The summed E-state index contributed by atoms with van der Waals surface area (Å²) < 4.78 is 0. The van der Waals surface area contributed by atoms with E-state index in [4.69, 9.17) is 11.6 Å². The molecular formula is C19H19ClN2O2. The van der Waals surface area contributed by atoms with E-state index in [1.165, 1.54) is 0 Å². The molecule has 0 aromatic heterocycles. The second-order valence-corrected chi connectivity index (χ2v) is 6.55. The number of carbonyl (C=O) groups excluding carboxylic acids is 2. The highest BCUT2D eigenvalue weighted by atomic mass is 35.5. The zero-order chi connectivity index (χ0) is 17.3. The van der Waals surface area contributed by atoms with Crippen LogP contribution in [0.15, 0.2) is 42.5 Å². The van der Waals surface area contributed by atoms with Gasteiger partial charge in [-0.1, -0.05) is 29.3 Å². The third-order valence-electron chi connectivity index (χ3n) is 4.29. The fourth-order valence-electron chi connectivity index (χ4n) is 2.95. The topological polar surface area (TPSA) is 49.4 Å². The highest BCUT2D eigenvalue weighted by molar-refractivity contribution is 6.30. The van der Waals surface area contributed by atoms with E-state index in [-0.39, 0.29) is 11.8 Å². The van der Waals surface area contributed by atoms with Crippen LogP contribution in [0, 0.1) is 19.8 Å². The highest BCUT2D eigenvalue weighted by Gasteiger charge is 2.38. The van der Waals surface area contributed by atoms with Crippen LogP contribution in [0.3, 0.4) is 0 Å². The maximum absolute atomic E-state index is 12.7. The molecule has 2 aromatic carbocycles. The van der Waals surface area contributed by atoms with Crippen LogP contribution in [-0.2, 0) is 9.59 Å². The molecule has 1 aliphatic rings. The minimum Gasteiger partial charge on any atom is -0.325 e. The summed E-state index contributed by atoms with van der Waals surface area (Å²) >= 11 is 5.97. The van der Waals surface area contributed by atoms with Gasteiger partial charge in [0, 0.05) is 22.9 Å². The maximum Gasteiger partial charge on any atom is 0.239 e. The van der Waals surface area contributed by atoms with Crippen molar-refractivity contribution in [1.82, 2.24) is 0 Å². The molecule has 1 N–H and O–H groups in total. The summed E-state index contributed by atoms with van der Waals surface area (Å²) in [4.78, 5) is 26.8. The summed E-state index contributed by atoms with van der Waals surface area (Å²) in [6.07, 6.45) is 0.512. The summed E-state index contributed by atoms with van der Waals surface area (Å²) in [7, 11) is 0. The van der Waals surface area contributed by atoms with Crippen molar-refractivity contribution in [3.63, 3.8) is 0 Å². The van der Waals surface area contributed by atoms with E-state index in [2.05, 4.69) is 5.32 Å². The summed E-state index contributed by atoms with van der Waals surface area (Å²) in [5.74, 6) is -1.07. The maximum atomic E-state index is 12.7. The van der Waals surface area contributed by atoms with Gasteiger partial charge in [0.15, 0.2) is 0 Å². The van der Waals surface area contributed by atoms with Gasteiger partial charge in [-0.15, -0.1) is 0 Å². The second-order valence-electron chi connectivity index (χ2n) is 6.12. The Morgan fingerprint density at radius 3 is 2.54 bits per heavy atom. The summed E-state index contributed by atoms with van der Waals surface area (Å²) in [6.45, 7) is 4.43. The molecular weight excluding hydrogens is 324 g/mol. The second kappa shape index (κ2) is 6.65. The van der Waals surface area contributed by atoms with Crippen LogP contribution in [0.1, 0.15) is 17.5 Å². The van der Waals surface area contributed by atoms with Gasteiger partial charge in [0.25, 0.3) is 0 Å². The first kappa shape index (κ1) is 16.5. The molecule has 1 saturated heterocycles. The number of hydrogen-bond acceptors (Lipinski definition) is 2. The smallest absolute Gasteiger partial charge is 0.239 e. The van der Waals surface area contributed by atoms with Crippen LogP contribution in [0.4, 0.5) is 11.4 Å². The van der Waals surface area contributed by atoms with Crippen molar-refractivity contribution in [2.45, 2.75) is 20.3 Å². The highest BCUT2D eigenvalue weighted by Crippen LogP contribution is 2.30. The summed E-state index contributed by atoms with van der Waals surface area (Å²) in [5, 5.41) is 3.47. The van der Waals surface area contributed by atoms with Gasteiger partial charge in [0.1, 0.15) is 5.92 Å². The Labute approximate surface area is 146 Å². The van der Waals surface area contributed by atoms with Gasteiger partial charge >= 0.3 is 0 Å².